The molecule has 0 bridgehead atoms. The van der Waals surface area contributed by atoms with Crippen molar-refractivity contribution in [2.75, 3.05) is 57.8 Å². The molecule has 1 aromatic heterocycles. The van der Waals surface area contributed by atoms with Gasteiger partial charge in [0.1, 0.15) is 0 Å². The van der Waals surface area contributed by atoms with Crippen LogP contribution in [0, 0.1) is 0 Å². The van der Waals surface area contributed by atoms with E-state index >= 15 is 0 Å². The Hall–Kier alpha value is -2.01. The van der Waals surface area contributed by atoms with E-state index in [1.165, 1.54) is 0 Å². The molecule has 1 atom stereocenters. The second-order valence-electron chi connectivity index (χ2n) is 8.76. The molecule has 0 radical (unpaired) electrons. The lowest BCUT2D eigenvalue weighted by Gasteiger charge is -2.32. The van der Waals surface area contributed by atoms with Crippen molar-refractivity contribution in [1.29, 1.82) is 0 Å². The highest BCUT2D eigenvalue weighted by Gasteiger charge is 2.49. The predicted molar refractivity (Wildman–Crippen MR) is 120 cm³/mol. The van der Waals surface area contributed by atoms with Gasteiger partial charge in [-0.15, -0.1) is 11.3 Å². The normalized spacial score (nSPS) is 24.8. The van der Waals surface area contributed by atoms with E-state index in [0.717, 1.165) is 35.9 Å². The molecule has 166 valence electrons. The second-order valence-corrected chi connectivity index (χ2v) is 11.6. The van der Waals surface area contributed by atoms with Crippen LogP contribution in [0.1, 0.15) is 18.9 Å². The molecule has 5 rings (SSSR count). The number of carbonyl (C=O) groups is 1. The van der Waals surface area contributed by atoms with Gasteiger partial charge in [0, 0.05) is 75.4 Å². The molecule has 4 heterocycles. The number of fused-ring (bicyclic) bond motifs is 2. The average Bonchev–Trinajstić information content (AvgIpc) is 3.48. The fourth-order valence-electron chi connectivity index (χ4n) is 5.00. The van der Waals surface area contributed by atoms with Crippen molar-refractivity contribution in [2.24, 2.45) is 0 Å². The molecule has 1 amide bonds. The minimum atomic E-state index is -3.56. The second kappa shape index (κ2) is 7.54. The number of piperazine rings is 1. The van der Waals surface area contributed by atoms with Gasteiger partial charge in [-0.1, -0.05) is 0 Å². The summed E-state index contributed by atoms with van der Waals surface area (Å²) in [4.78, 5) is 23.1. The standard InChI is InChI=1S/C21H27N5O3S2/c1-16(27)24-7-5-21(14-24)15-26(20-22-6-12-30-20)19-4-3-17(13-18(19)21)31(28,29)25-10-8-23(2)9-11-25/h3-4,6,12-13H,5,7-11,14-15H2,1-2H3. The summed E-state index contributed by atoms with van der Waals surface area (Å²) < 4.78 is 28.4. The van der Waals surface area contributed by atoms with E-state index in [0.29, 0.717) is 37.6 Å². The number of likely N-dealkylation sites (tertiary alicyclic amines) is 1. The Labute approximate surface area is 187 Å². The number of aromatic nitrogens is 1. The maximum Gasteiger partial charge on any atom is 0.243 e. The van der Waals surface area contributed by atoms with Gasteiger partial charge in [0.05, 0.1) is 4.90 Å². The monoisotopic (exact) mass is 461 g/mol. The molecule has 1 unspecified atom stereocenters. The van der Waals surface area contributed by atoms with Crippen molar-refractivity contribution < 1.29 is 13.2 Å². The first kappa shape index (κ1) is 20.9. The first-order valence-corrected chi connectivity index (χ1v) is 12.9. The number of thiazole rings is 1. The van der Waals surface area contributed by atoms with Crippen LogP contribution in [0.4, 0.5) is 10.8 Å². The lowest BCUT2D eigenvalue weighted by atomic mass is 9.81. The van der Waals surface area contributed by atoms with Gasteiger partial charge in [0.15, 0.2) is 5.13 Å². The highest BCUT2D eigenvalue weighted by molar-refractivity contribution is 7.89. The van der Waals surface area contributed by atoms with E-state index < -0.39 is 10.0 Å². The lowest BCUT2D eigenvalue weighted by molar-refractivity contribution is -0.127. The zero-order chi connectivity index (χ0) is 21.8. The molecular weight excluding hydrogens is 434 g/mol. The molecule has 3 aliphatic rings. The Kier molecular flexibility index (Phi) is 5.08. The summed E-state index contributed by atoms with van der Waals surface area (Å²) >= 11 is 1.57. The summed E-state index contributed by atoms with van der Waals surface area (Å²) in [7, 11) is -1.55. The zero-order valence-electron chi connectivity index (χ0n) is 17.8. The molecular formula is C21H27N5O3S2. The Bertz CT molecular complexity index is 1100. The van der Waals surface area contributed by atoms with E-state index in [-0.39, 0.29) is 11.3 Å². The Morgan fingerprint density at radius 3 is 2.55 bits per heavy atom. The number of anilines is 2. The summed E-state index contributed by atoms with van der Waals surface area (Å²) in [5.41, 5.74) is 1.74. The topological polar surface area (TPSA) is 77.1 Å². The van der Waals surface area contributed by atoms with Crippen molar-refractivity contribution >= 4 is 38.1 Å². The molecule has 2 saturated heterocycles. The van der Waals surface area contributed by atoms with Crippen LogP contribution < -0.4 is 4.90 Å². The highest BCUT2D eigenvalue weighted by atomic mass is 32.2. The van der Waals surface area contributed by atoms with Crippen LogP contribution in [0.25, 0.3) is 0 Å². The summed E-state index contributed by atoms with van der Waals surface area (Å²) in [6.45, 7) is 6.08. The fraction of sp³-hybridized carbons (Fsp3) is 0.524. The number of sulfonamides is 1. The lowest BCUT2D eigenvalue weighted by Crippen LogP contribution is -2.47. The van der Waals surface area contributed by atoms with Gasteiger partial charge in [-0.25, -0.2) is 13.4 Å². The largest absolute Gasteiger partial charge is 0.342 e. The molecule has 1 aromatic carbocycles. The van der Waals surface area contributed by atoms with Crippen LogP contribution in [0.5, 0.6) is 0 Å². The summed E-state index contributed by atoms with van der Waals surface area (Å²) in [5.74, 6) is 0.0623. The van der Waals surface area contributed by atoms with Crippen LogP contribution in [0.2, 0.25) is 0 Å². The van der Waals surface area contributed by atoms with E-state index in [9.17, 15) is 13.2 Å². The molecule has 2 fully saturated rings. The number of nitrogens with zero attached hydrogens (tertiary/aromatic N) is 5. The average molecular weight is 462 g/mol. The SMILES string of the molecule is CC(=O)N1CCC2(C1)CN(c1nccs1)c1ccc(S(=O)(=O)N3CCN(C)CC3)cc12. The third-order valence-corrected chi connectivity index (χ3v) is 9.53. The molecule has 10 heteroatoms. The van der Waals surface area contributed by atoms with Gasteiger partial charge in [-0.05, 0) is 37.2 Å². The van der Waals surface area contributed by atoms with Gasteiger partial charge >= 0.3 is 0 Å². The van der Waals surface area contributed by atoms with E-state index in [2.05, 4.69) is 14.8 Å². The number of likely N-dealkylation sites (N-methyl/N-ethyl adjacent to an activating group) is 1. The third-order valence-electron chi connectivity index (χ3n) is 6.84. The van der Waals surface area contributed by atoms with Crippen molar-refractivity contribution in [3.8, 4) is 0 Å². The number of benzene rings is 1. The molecule has 8 nitrogen and oxygen atoms in total. The number of hydrogen-bond acceptors (Lipinski definition) is 7. The first-order chi connectivity index (χ1) is 14.8. The number of carbonyl (C=O) groups excluding carboxylic acids is 1. The maximum atomic E-state index is 13.4. The zero-order valence-corrected chi connectivity index (χ0v) is 19.5. The Balaban J connectivity index is 1.56. The van der Waals surface area contributed by atoms with Gasteiger partial charge < -0.3 is 14.7 Å². The maximum absolute atomic E-state index is 13.4. The minimum absolute atomic E-state index is 0.0623. The van der Waals surface area contributed by atoms with Crippen molar-refractivity contribution in [2.45, 2.75) is 23.7 Å². The molecule has 0 saturated carbocycles. The smallest absolute Gasteiger partial charge is 0.243 e. The summed E-state index contributed by atoms with van der Waals surface area (Å²) in [5, 5.41) is 2.84. The van der Waals surface area contributed by atoms with Crippen LogP contribution in [0.15, 0.2) is 34.7 Å². The van der Waals surface area contributed by atoms with Crippen molar-refractivity contribution in [3.05, 3.63) is 35.3 Å². The van der Waals surface area contributed by atoms with Gasteiger partial charge in [-0.3, -0.25) is 4.79 Å². The van der Waals surface area contributed by atoms with E-state index in [1.807, 2.05) is 29.5 Å². The molecule has 2 aromatic rings. The predicted octanol–water partition coefficient (Wildman–Crippen LogP) is 1.72. The van der Waals surface area contributed by atoms with Crippen LogP contribution >= 0.6 is 11.3 Å². The Morgan fingerprint density at radius 2 is 1.90 bits per heavy atom. The summed E-state index contributed by atoms with van der Waals surface area (Å²) in [6.07, 6.45) is 2.60. The molecule has 3 aliphatic heterocycles. The van der Waals surface area contributed by atoms with Crippen molar-refractivity contribution in [3.63, 3.8) is 0 Å². The number of amides is 1. The van der Waals surface area contributed by atoms with E-state index in [4.69, 9.17) is 0 Å². The first-order valence-electron chi connectivity index (χ1n) is 10.6. The molecule has 0 N–H and O–H groups in total. The van der Waals surface area contributed by atoms with Crippen LogP contribution in [-0.2, 0) is 20.2 Å². The summed E-state index contributed by atoms with van der Waals surface area (Å²) in [6, 6.07) is 5.51. The Morgan fingerprint density at radius 1 is 1.13 bits per heavy atom. The van der Waals surface area contributed by atoms with E-state index in [1.54, 1.807) is 34.8 Å². The van der Waals surface area contributed by atoms with Gasteiger partial charge in [0.2, 0.25) is 15.9 Å². The highest BCUT2D eigenvalue weighted by Crippen LogP contribution is 2.50. The minimum Gasteiger partial charge on any atom is -0.342 e. The number of rotatable bonds is 3. The van der Waals surface area contributed by atoms with Crippen LogP contribution in [-0.4, -0.2) is 86.3 Å². The molecule has 1 spiro atoms. The van der Waals surface area contributed by atoms with Gasteiger partial charge in [0.25, 0.3) is 0 Å². The number of hydrogen-bond donors (Lipinski definition) is 0. The fourth-order valence-corrected chi connectivity index (χ4v) is 7.10. The quantitative estimate of drug-likeness (QED) is 0.693. The van der Waals surface area contributed by atoms with Crippen LogP contribution in [0.3, 0.4) is 0 Å². The molecule has 0 aliphatic carbocycles. The van der Waals surface area contributed by atoms with Gasteiger partial charge in [-0.2, -0.15) is 4.31 Å². The molecule has 31 heavy (non-hydrogen) atoms. The third kappa shape index (κ3) is 3.45. The van der Waals surface area contributed by atoms with Crippen molar-refractivity contribution in [1.82, 2.24) is 19.1 Å².